The van der Waals surface area contributed by atoms with E-state index in [9.17, 15) is 4.79 Å². The van der Waals surface area contributed by atoms with Crippen molar-refractivity contribution in [3.63, 3.8) is 0 Å². The van der Waals surface area contributed by atoms with Crippen molar-refractivity contribution in [1.82, 2.24) is 4.98 Å². The Hall–Kier alpha value is -0.900. The molecule has 4 heteroatoms. The summed E-state index contributed by atoms with van der Waals surface area (Å²) < 4.78 is 0.967. The van der Waals surface area contributed by atoms with Crippen molar-refractivity contribution in [1.29, 1.82) is 0 Å². The number of hydrogen-bond donors (Lipinski definition) is 1. The molecule has 3 nitrogen and oxygen atoms in total. The molecule has 0 saturated heterocycles. The molecular formula is C15H21BrN2O. The summed E-state index contributed by atoms with van der Waals surface area (Å²) in [5.74, 6) is 1.31. The summed E-state index contributed by atoms with van der Waals surface area (Å²) in [6, 6.07) is 1.90. The highest BCUT2D eigenvalue weighted by Gasteiger charge is 2.16. The number of carbonyl (C=O) groups excluding carboxylic acids is 1. The quantitative estimate of drug-likeness (QED) is 0.834. The van der Waals surface area contributed by atoms with E-state index in [1.54, 1.807) is 6.20 Å². The van der Waals surface area contributed by atoms with Crippen LogP contribution in [0, 0.1) is 12.8 Å². The molecule has 1 amide bonds. The van der Waals surface area contributed by atoms with Crippen LogP contribution in [0.25, 0.3) is 0 Å². The van der Waals surface area contributed by atoms with Gasteiger partial charge in [0, 0.05) is 17.1 Å². The Morgan fingerprint density at radius 1 is 1.37 bits per heavy atom. The van der Waals surface area contributed by atoms with Gasteiger partial charge in [-0.1, -0.05) is 25.7 Å². The summed E-state index contributed by atoms with van der Waals surface area (Å²) in [7, 11) is 0. The third-order valence-electron chi connectivity index (χ3n) is 3.76. The second-order valence-corrected chi connectivity index (χ2v) is 6.28. The van der Waals surface area contributed by atoms with Crippen LogP contribution in [0.4, 0.5) is 5.82 Å². The van der Waals surface area contributed by atoms with Crippen LogP contribution in [0.2, 0.25) is 0 Å². The van der Waals surface area contributed by atoms with Crippen molar-refractivity contribution in [3.8, 4) is 0 Å². The molecule has 1 fully saturated rings. The highest BCUT2D eigenvalue weighted by atomic mass is 79.9. The molecule has 0 atom stereocenters. The standard InChI is InChI=1S/C15H21BrN2O/c1-11-8-14(17-10-13(11)16)18-15(19)9-12-6-4-2-3-5-7-12/h8,10,12H,2-7,9H2,1H3,(H,17,18,19). The van der Waals surface area contributed by atoms with Crippen LogP contribution < -0.4 is 5.32 Å². The highest BCUT2D eigenvalue weighted by Crippen LogP contribution is 2.26. The molecule has 1 aromatic heterocycles. The minimum Gasteiger partial charge on any atom is -0.311 e. The molecule has 1 saturated carbocycles. The van der Waals surface area contributed by atoms with Gasteiger partial charge in [0.15, 0.2) is 0 Å². The molecule has 0 aliphatic heterocycles. The molecule has 0 spiro atoms. The zero-order chi connectivity index (χ0) is 13.7. The first kappa shape index (κ1) is 14.5. The average molecular weight is 325 g/mol. The Balaban J connectivity index is 1.87. The Bertz CT molecular complexity index is 440. The lowest BCUT2D eigenvalue weighted by atomic mass is 9.96. The van der Waals surface area contributed by atoms with Gasteiger partial charge in [-0.25, -0.2) is 4.98 Å². The van der Waals surface area contributed by atoms with Crippen molar-refractivity contribution in [2.45, 2.75) is 51.9 Å². The summed E-state index contributed by atoms with van der Waals surface area (Å²) in [6.45, 7) is 1.99. The number of pyridine rings is 1. The predicted octanol–water partition coefficient (Wildman–Crippen LogP) is 4.45. The molecule has 1 heterocycles. The van der Waals surface area contributed by atoms with E-state index in [0.717, 1.165) is 10.0 Å². The van der Waals surface area contributed by atoms with Gasteiger partial charge in [0.05, 0.1) is 0 Å². The van der Waals surface area contributed by atoms with E-state index in [0.29, 0.717) is 18.2 Å². The first-order chi connectivity index (χ1) is 9.15. The third kappa shape index (κ3) is 4.60. The van der Waals surface area contributed by atoms with Gasteiger partial charge in [0.1, 0.15) is 5.82 Å². The van der Waals surface area contributed by atoms with Gasteiger partial charge in [-0.15, -0.1) is 0 Å². The molecule has 104 valence electrons. The van der Waals surface area contributed by atoms with Gasteiger partial charge < -0.3 is 5.32 Å². The Labute approximate surface area is 123 Å². The lowest BCUT2D eigenvalue weighted by molar-refractivity contribution is -0.117. The molecule has 1 aliphatic rings. The van der Waals surface area contributed by atoms with Crippen LogP contribution in [-0.2, 0) is 4.79 Å². The lowest BCUT2D eigenvalue weighted by Crippen LogP contribution is -2.17. The molecule has 1 N–H and O–H groups in total. The predicted molar refractivity (Wildman–Crippen MR) is 81.1 cm³/mol. The Morgan fingerprint density at radius 3 is 2.68 bits per heavy atom. The van der Waals surface area contributed by atoms with E-state index in [2.05, 4.69) is 26.2 Å². The van der Waals surface area contributed by atoms with Gasteiger partial charge in [0.25, 0.3) is 0 Å². The fourth-order valence-corrected chi connectivity index (χ4v) is 2.85. The molecule has 2 rings (SSSR count). The van der Waals surface area contributed by atoms with Gasteiger partial charge in [-0.05, 0) is 53.2 Å². The molecule has 0 unspecified atom stereocenters. The molecule has 19 heavy (non-hydrogen) atoms. The van der Waals surface area contributed by atoms with Crippen molar-refractivity contribution in [2.24, 2.45) is 5.92 Å². The third-order valence-corrected chi connectivity index (χ3v) is 4.59. The maximum Gasteiger partial charge on any atom is 0.225 e. The number of anilines is 1. The van der Waals surface area contributed by atoms with Crippen LogP contribution in [0.1, 0.15) is 50.5 Å². The summed E-state index contributed by atoms with van der Waals surface area (Å²) in [6.07, 6.45) is 9.95. The van der Waals surface area contributed by atoms with Gasteiger partial charge >= 0.3 is 0 Å². The smallest absolute Gasteiger partial charge is 0.225 e. The number of halogens is 1. The first-order valence-electron chi connectivity index (χ1n) is 7.07. The summed E-state index contributed by atoms with van der Waals surface area (Å²) in [4.78, 5) is 16.2. The van der Waals surface area contributed by atoms with Crippen molar-refractivity contribution in [2.75, 3.05) is 5.32 Å². The number of aromatic nitrogens is 1. The number of amides is 1. The SMILES string of the molecule is Cc1cc(NC(=O)CC2CCCCCC2)ncc1Br. The molecular weight excluding hydrogens is 304 g/mol. The lowest BCUT2D eigenvalue weighted by Gasteiger charge is -2.13. The van der Waals surface area contributed by atoms with Crippen molar-refractivity contribution < 1.29 is 4.79 Å². The fraction of sp³-hybridized carbons (Fsp3) is 0.600. The first-order valence-corrected chi connectivity index (χ1v) is 7.86. The zero-order valence-corrected chi connectivity index (χ0v) is 13.0. The molecule has 0 aromatic carbocycles. The highest BCUT2D eigenvalue weighted by molar-refractivity contribution is 9.10. The molecule has 0 radical (unpaired) electrons. The van der Waals surface area contributed by atoms with E-state index in [4.69, 9.17) is 0 Å². The number of nitrogens with zero attached hydrogens (tertiary/aromatic N) is 1. The van der Waals surface area contributed by atoms with E-state index in [1.165, 1.54) is 38.5 Å². The second kappa shape index (κ2) is 7.04. The summed E-state index contributed by atoms with van der Waals surface area (Å²) in [5.41, 5.74) is 1.08. The van der Waals surface area contributed by atoms with E-state index in [-0.39, 0.29) is 5.91 Å². The number of hydrogen-bond acceptors (Lipinski definition) is 2. The second-order valence-electron chi connectivity index (χ2n) is 5.43. The summed E-state index contributed by atoms with van der Waals surface area (Å²) >= 11 is 3.41. The fourth-order valence-electron chi connectivity index (χ4n) is 2.63. The maximum absolute atomic E-state index is 12.0. The maximum atomic E-state index is 12.0. The largest absolute Gasteiger partial charge is 0.311 e. The van der Waals surface area contributed by atoms with Gasteiger partial charge in [-0.2, -0.15) is 0 Å². The van der Waals surface area contributed by atoms with Crippen molar-refractivity contribution in [3.05, 3.63) is 22.3 Å². The van der Waals surface area contributed by atoms with Crippen LogP contribution in [-0.4, -0.2) is 10.9 Å². The van der Waals surface area contributed by atoms with Crippen LogP contribution in [0.5, 0.6) is 0 Å². The number of carbonyl (C=O) groups is 1. The Kier molecular flexibility index (Phi) is 5.37. The molecule has 1 aliphatic carbocycles. The zero-order valence-electron chi connectivity index (χ0n) is 11.4. The minimum absolute atomic E-state index is 0.0983. The van der Waals surface area contributed by atoms with E-state index >= 15 is 0 Å². The molecule has 0 bridgehead atoms. The van der Waals surface area contributed by atoms with Crippen LogP contribution in [0.15, 0.2) is 16.7 Å². The minimum atomic E-state index is 0.0983. The van der Waals surface area contributed by atoms with Crippen molar-refractivity contribution >= 4 is 27.7 Å². The number of aryl methyl sites for hydroxylation is 1. The van der Waals surface area contributed by atoms with Crippen LogP contribution in [0.3, 0.4) is 0 Å². The van der Waals surface area contributed by atoms with E-state index < -0.39 is 0 Å². The Morgan fingerprint density at radius 2 is 2.05 bits per heavy atom. The topological polar surface area (TPSA) is 42.0 Å². The number of rotatable bonds is 3. The van der Waals surface area contributed by atoms with E-state index in [1.807, 2.05) is 13.0 Å². The molecule has 1 aromatic rings. The van der Waals surface area contributed by atoms with Crippen LogP contribution >= 0.6 is 15.9 Å². The monoisotopic (exact) mass is 324 g/mol. The number of nitrogens with one attached hydrogen (secondary N) is 1. The normalized spacial score (nSPS) is 16.9. The van der Waals surface area contributed by atoms with Gasteiger partial charge in [-0.3, -0.25) is 4.79 Å². The van der Waals surface area contributed by atoms with Gasteiger partial charge in [0.2, 0.25) is 5.91 Å². The average Bonchev–Trinajstić information content (AvgIpc) is 2.62. The summed E-state index contributed by atoms with van der Waals surface area (Å²) in [5, 5.41) is 2.91.